The lowest BCUT2D eigenvalue weighted by Gasteiger charge is -2.08. The van der Waals surface area contributed by atoms with Crippen molar-refractivity contribution in [3.63, 3.8) is 0 Å². The van der Waals surface area contributed by atoms with E-state index >= 15 is 0 Å². The summed E-state index contributed by atoms with van der Waals surface area (Å²) in [6.45, 7) is 1.47. The molecule has 0 aromatic heterocycles. The first-order valence-electron chi connectivity index (χ1n) is 3.10. The van der Waals surface area contributed by atoms with Crippen molar-refractivity contribution in [2.75, 3.05) is 6.54 Å². The zero-order chi connectivity index (χ0) is 8.85. The summed E-state index contributed by atoms with van der Waals surface area (Å²) in [5.41, 5.74) is 7.02. The molecule has 2 amide bonds. The Hall–Kier alpha value is -1.14. The second kappa shape index (κ2) is 4.64. The molecule has 0 spiro atoms. The van der Waals surface area contributed by atoms with Gasteiger partial charge in [-0.05, 0) is 6.92 Å². The Labute approximate surface area is 64.3 Å². The number of amides is 2. The molecule has 0 fully saturated rings. The number of hydrogen-bond donors (Lipinski definition) is 4. The van der Waals surface area contributed by atoms with Crippen LogP contribution in [0.4, 0.5) is 0 Å². The molecule has 0 aromatic carbocycles. The van der Waals surface area contributed by atoms with Crippen molar-refractivity contribution in [2.45, 2.75) is 13.0 Å². The quantitative estimate of drug-likeness (QED) is 0.268. The van der Waals surface area contributed by atoms with Crippen LogP contribution in [-0.4, -0.2) is 24.4 Å². The molecule has 0 rings (SSSR count). The summed E-state index contributed by atoms with van der Waals surface area (Å²) >= 11 is 0. The van der Waals surface area contributed by atoms with E-state index in [1.807, 2.05) is 0 Å². The van der Waals surface area contributed by atoms with E-state index in [0.717, 1.165) is 0 Å². The molecule has 0 heterocycles. The van der Waals surface area contributed by atoms with Gasteiger partial charge in [-0.2, -0.15) is 0 Å². The third kappa shape index (κ3) is 4.29. The maximum Gasteiger partial charge on any atom is 0.239 e. The maximum atomic E-state index is 10.7. The molecule has 0 aliphatic rings. The Balaban J connectivity index is 3.66. The van der Waals surface area contributed by atoms with Crippen LogP contribution in [0.3, 0.4) is 0 Å². The Morgan fingerprint density at radius 3 is 2.45 bits per heavy atom. The lowest BCUT2D eigenvalue weighted by Crippen LogP contribution is -2.46. The van der Waals surface area contributed by atoms with Gasteiger partial charge in [0.1, 0.15) is 6.04 Å². The zero-order valence-electron chi connectivity index (χ0n) is 6.26. The van der Waals surface area contributed by atoms with Crippen LogP contribution in [0.15, 0.2) is 0 Å². The van der Waals surface area contributed by atoms with Gasteiger partial charge in [0.05, 0.1) is 6.54 Å². The molecule has 0 aliphatic heterocycles. The van der Waals surface area contributed by atoms with Crippen LogP contribution in [0.5, 0.6) is 0 Å². The highest BCUT2D eigenvalue weighted by Gasteiger charge is 2.10. The van der Waals surface area contributed by atoms with Gasteiger partial charge in [-0.15, -0.1) is 0 Å². The minimum Gasteiger partial charge on any atom is -0.368 e. The highest BCUT2D eigenvalue weighted by molar-refractivity contribution is 5.86. The summed E-state index contributed by atoms with van der Waals surface area (Å²) in [5, 5.41) is 2.32. The van der Waals surface area contributed by atoms with Crippen molar-refractivity contribution in [3.8, 4) is 0 Å². The fourth-order valence-corrected chi connectivity index (χ4v) is 0.456. The predicted octanol–water partition coefficient (Wildman–Crippen LogP) is -2.56. The Morgan fingerprint density at radius 2 is 2.09 bits per heavy atom. The van der Waals surface area contributed by atoms with Crippen LogP contribution in [0.2, 0.25) is 0 Å². The molecule has 0 radical (unpaired) electrons. The van der Waals surface area contributed by atoms with E-state index < -0.39 is 11.9 Å². The smallest absolute Gasteiger partial charge is 0.239 e. The van der Waals surface area contributed by atoms with Crippen LogP contribution in [-0.2, 0) is 9.59 Å². The SMILES string of the molecule is CC(NC(=O)CNN)C(N)=O. The number of hydrazine groups is 1. The van der Waals surface area contributed by atoms with Gasteiger partial charge in [0.25, 0.3) is 0 Å². The number of hydrogen-bond acceptors (Lipinski definition) is 4. The van der Waals surface area contributed by atoms with Crippen LogP contribution in [0.1, 0.15) is 6.92 Å². The second-order valence-electron chi connectivity index (χ2n) is 2.07. The van der Waals surface area contributed by atoms with Crippen LogP contribution in [0.25, 0.3) is 0 Å². The van der Waals surface area contributed by atoms with Crippen LogP contribution in [0, 0.1) is 0 Å². The van der Waals surface area contributed by atoms with Gasteiger partial charge in [0.2, 0.25) is 11.8 Å². The molecule has 64 valence electrons. The predicted molar refractivity (Wildman–Crippen MR) is 39.0 cm³/mol. The lowest BCUT2D eigenvalue weighted by molar-refractivity contribution is -0.126. The fraction of sp³-hybridized carbons (Fsp3) is 0.600. The zero-order valence-corrected chi connectivity index (χ0v) is 6.26. The number of primary amides is 1. The Kier molecular flexibility index (Phi) is 4.16. The molecule has 0 bridgehead atoms. The van der Waals surface area contributed by atoms with E-state index in [1.165, 1.54) is 6.92 Å². The van der Waals surface area contributed by atoms with E-state index in [0.29, 0.717) is 0 Å². The molecule has 6 nitrogen and oxygen atoms in total. The first-order chi connectivity index (χ1) is 5.07. The summed E-state index contributed by atoms with van der Waals surface area (Å²) in [5.74, 6) is 3.92. The van der Waals surface area contributed by atoms with E-state index in [-0.39, 0.29) is 12.5 Å². The van der Waals surface area contributed by atoms with Gasteiger partial charge < -0.3 is 11.1 Å². The maximum absolute atomic E-state index is 10.7. The van der Waals surface area contributed by atoms with E-state index in [1.54, 1.807) is 0 Å². The molecule has 0 saturated heterocycles. The molecule has 6 heteroatoms. The Bertz CT molecular complexity index is 159. The van der Waals surface area contributed by atoms with Crippen LogP contribution >= 0.6 is 0 Å². The average Bonchev–Trinajstić information content (AvgIpc) is 1.87. The molecule has 0 aliphatic carbocycles. The minimum atomic E-state index is -0.657. The summed E-state index contributed by atoms with van der Waals surface area (Å²) < 4.78 is 0. The van der Waals surface area contributed by atoms with Gasteiger partial charge in [-0.3, -0.25) is 20.9 Å². The van der Waals surface area contributed by atoms with E-state index in [2.05, 4.69) is 10.7 Å². The van der Waals surface area contributed by atoms with Gasteiger partial charge in [-0.1, -0.05) is 0 Å². The molecular formula is C5H12N4O2. The molecule has 11 heavy (non-hydrogen) atoms. The summed E-state index contributed by atoms with van der Waals surface area (Å²) in [4.78, 5) is 21.1. The van der Waals surface area contributed by atoms with Crippen molar-refractivity contribution in [2.24, 2.45) is 11.6 Å². The number of rotatable bonds is 4. The normalized spacial score (nSPS) is 12.2. The topological polar surface area (TPSA) is 110 Å². The van der Waals surface area contributed by atoms with Gasteiger partial charge >= 0.3 is 0 Å². The fourth-order valence-electron chi connectivity index (χ4n) is 0.456. The summed E-state index contributed by atoms with van der Waals surface area (Å²) in [6, 6.07) is -0.657. The van der Waals surface area contributed by atoms with Gasteiger partial charge in [-0.25, -0.2) is 0 Å². The van der Waals surface area contributed by atoms with Gasteiger partial charge in [0.15, 0.2) is 0 Å². The van der Waals surface area contributed by atoms with Crippen molar-refractivity contribution >= 4 is 11.8 Å². The molecule has 1 unspecified atom stereocenters. The van der Waals surface area contributed by atoms with Crippen molar-refractivity contribution in [3.05, 3.63) is 0 Å². The number of nitrogens with two attached hydrogens (primary N) is 2. The average molecular weight is 160 g/mol. The first-order valence-corrected chi connectivity index (χ1v) is 3.10. The molecule has 0 aromatic rings. The third-order valence-corrected chi connectivity index (χ3v) is 1.07. The van der Waals surface area contributed by atoms with Crippen molar-refractivity contribution < 1.29 is 9.59 Å². The summed E-state index contributed by atoms with van der Waals surface area (Å²) in [6.07, 6.45) is 0. The van der Waals surface area contributed by atoms with E-state index in [4.69, 9.17) is 11.6 Å². The van der Waals surface area contributed by atoms with Crippen molar-refractivity contribution in [1.29, 1.82) is 0 Å². The molecule has 0 saturated carbocycles. The Morgan fingerprint density at radius 1 is 1.55 bits per heavy atom. The number of carbonyl (C=O) groups is 2. The monoisotopic (exact) mass is 160 g/mol. The molecular weight excluding hydrogens is 148 g/mol. The van der Waals surface area contributed by atoms with E-state index in [9.17, 15) is 9.59 Å². The first kappa shape index (κ1) is 9.86. The molecule has 1 atom stereocenters. The lowest BCUT2D eigenvalue weighted by atomic mass is 10.3. The largest absolute Gasteiger partial charge is 0.368 e. The highest BCUT2D eigenvalue weighted by Crippen LogP contribution is 1.76. The van der Waals surface area contributed by atoms with Crippen molar-refractivity contribution in [1.82, 2.24) is 10.7 Å². The molecule has 6 N–H and O–H groups in total. The van der Waals surface area contributed by atoms with Crippen LogP contribution < -0.4 is 22.3 Å². The summed E-state index contributed by atoms with van der Waals surface area (Å²) in [7, 11) is 0. The highest BCUT2D eigenvalue weighted by atomic mass is 16.2. The minimum absolute atomic E-state index is 0.0301. The number of nitrogens with one attached hydrogen (secondary N) is 2. The standard InChI is InChI=1S/C5H12N4O2/c1-3(5(6)11)9-4(10)2-8-7/h3,8H,2,7H2,1H3,(H2,6,11)(H,9,10). The number of carbonyl (C=O) groups excluding carboxylic acids is 2. The second-order valence-corrected chi connectivity index (χ2v) is 2.07. The van der Waals surface area contributed by atoms with Gasteiger partial charge in [0, 0.05) is 0 Å². The third-order valence-electron chi connectivity index (χ3n) is 1.07.